The van der Waals surface area contributed by atoms with E-state index in [4.69, 9.17) is 4.74 Å². The minimum Gasteiger partial charge on any atom is -0.497 e. The molecule has 1 amide bonds. The largest absolute Gasteiger partial charge is 0.497 e. The zero-order chi connectivity index (χ0) is 18.2. The van der Waals surface area contributed by atoms with Gasteiger partial charge in [0.1, 0.15) is 5.75 Å². The van der Waals surface area contributed by atoms with Crippen molar-refractivity contribution in [3.05, 3.63) is 52.2 Å². The van der Waals surface area contributed by atoms with Gasteiger partial charge in [-0.25, -0.2) is 0 Å². The number of rotatable bonds is 3. The van der Waals surface area contributed by atoms with Crippen LogP contribution in [0.15, 0.2) is 46.9 Å². The van der Waals surface area contributed by atoms with Crippen LogP contribution in [0.25, 0.3) is 0 Å². The van der Waals surface area contributed by atoms with E-state index in [0.717, 1.165) is 11.3 Å². The van der Waals surface area contributed by atoms with Gasteiger partial charge in [-0.15, -0.1) is 11.3 Å². The number of hydrogen-bond donors (Lipinski definition) is 1. The third kappa shape index (κ3) is 3.00. The standard InChI is InChI=1S/C16H13F3N2O3S/c1-24-11-5-2-4-10(8-11)12-9-15(23,16(17,18)19)21(20-12)14(22)13-6-3-7-25-13/h2-8,23H,9H2,1H3/t15-/m0/s1. The summed E-state index contributed by atoms with van der Waals surface area (Å²) in [5, 5.41) is 15.7. The quantitative estimate of drug-likeness (QED) is 0.902. The highest BCUT2D eigenvalue weighted by Gasteiger charge is 2.63. The Labute approximate surface area is 145 Å². The SMILES string of the molecule is COc1cccc(C2=NN(C(=O)c3cccs3)[C@@](O)(C(F)(F)F)C2)c1. The molecule has 1 aromatic carbocycles. The van der Waals surface area contributed by atoms with Gasteiger partial charge in [-0.1, -0.05) is 18.2 Å². The van der Waals surface area contributed by atoms with Crippen molar-refractivity contribution >= 4 is 23.0 Å². The van der Waals surface area contributed by atoms with E-state index in [9.17, 15) is 23.1 Å². The summed E-state index contributed by atoms with van der Waals surface area (Å²) in [6, 6.07) is 9.17. The lowest BCUT2D eigenvalue weighted by molar-refractivity contribution is -0.297. The van der Waals surface area contributed by atoms with Crippen molar-refractivity contribution in [2.45, 2.75) is 18.3 Å². The van der Waals surface area contributed by atoms with Gasteiger partial charge < -0.3 is 9.84 Å². The molecule has 0 spiro atoms. The lowest BCUT2D eigenvalue weighted by atomic mass is 10.0. The van der Waals surface area contributed by atoms with E-state index in [1.807, 2.05) is 0 Å². The molecule has 3 rings (SSSR count). The predicted octanol–water partition coefficient (Wildman–Crippen LogP) is 3.26. The number of amides is 1. The smallest absolute Gasteiger partial charge is 0.438 e. The van der Waals surface area contributed by atoms with Crippen molar-refractivity contribution in [1.82, 2.24) is 5.01 Å². The van der Waals surface area contributed by atoms with E-state index < -0.39 is 24.2 Å². The van der Waals surface area contributed by atoms with Gasteiger partial charge in [-0.2, -0.15) is 23.3 Å². The predicted molar refractivity (Wildman–Crippen MR) is 85.6 cm³/mol. The number of thiophene rings is 1. The molecule has 1 atom stereocenters. The van der Waals surface area contributed by atoms with Gasteiger partial charge in [-0.3, -0.25) is 4.79 Å². The molecule has 0 saturated heterocycles. The molecule has 2 heterocycles. The molecule has 0 fully saturated rings. The summed E-state index contributed by atoms with van der Waals surface area (Å²) in [6.07, 6.45) is -5.93. The van der Waals surface area contributed by atoms with Gasteiger partial charge in [-0.05, 0) is 23.6 Å². The summed E-state index contributed by atoms with van der Waals surface area (Å²) < 4.78 is 45.5. The highest BCUT2D eigenvalue weighted by Crippen LogP contribution is 2.42. The second-order valence-electron chi connectivity index (χ2n) is 5.36. The Bertz CT molecular complexity index is 820. The normalized spacial score (nSPS) is 20.5. The second-order valence-corrected chi connectivity index (χ2v) is 6.31. The molecular formula is C16H13F3N2O3S. The number of hydrogen-bond acceptors (Lipinski definition) is 5. The van der Waals surface area contributed by atoms with Crippen molar-refractivity contribution in [2.75, 3.05) is 7.11 Å². The third-order valence-electron chi connectivity index (χ3n) is 3.77. The first-order valence-corrected chi connectivity index (χ1v) is 8.03. The molecule has 9 heteroatoms. The average molecular weight is 370 g/mol. The second kappa shape index (κ2) is 6.16. The highest BCUT2D eigenvalue weighted by molar-refractivity contribution is 7.12. The molecule has 132 valence electrons. The van der Waals surface area contributed by atoms with Gasteiger partial charge in [0, 0.05) is 5.56 Å². The lowest BCUT2D eigenvalue weighted by Gasteiger charge is -2.32. The summed E-state index contributed by atoms with van der Waals surface area (Å²) >= 11 is 0.973. The first kappa shape index (κ1) is 17.4. The summed E-state index contributed by atoms with van der Waals surface area (Å²) in [7, 11) is 1.42. The zero-order valence-corrected chi connectivity index (χ0v) is 13.8. The molecule has 1 aromatic heterocycles. The molecule has 1 aliphatic rings. The third-order valence-corrected chi connectivity index (χ3v) is 4.62. The van der Waals surface area contributed by atoms with Gasteiger partial charge in [0.2, 0.25) is 0 Å². The number of aliphatic hydroxyl groups is 1. The Morgan fingerprint density at radius 1 is 1.36 bits per heavy atom. The summed E-state index contributed by atoms with van der Waals surface area (Å²) in [5.74, 6) is -0.577. The van der Waals surface area contributed by atoms with Crippen LogP contribution in [0.4, 0.5) is 13.2 Å². The summed E-state index contributed by atoms with van der Waals surface area (Å²) in [4.78, 5) is 12.5. The molecule has 0 radical (unpaired) electrons. The van der Waals surface area contributed by atoms with Crippen molar-refractivity contribution in [3.8, 4) is 5.75 Å². The van der Waals surface area contributed by atoms with Gasteiger partial charge in [0.05, 0.1) is 24.1 Å². The Morgan fingerprint density at radius 2 is 2.12 bits per heavy atom. The van der Waals surface area contributed by atoms with E-state index in [1.54, 1.807) is 17.5 Å². The zero-order valence-electron chi connectivity index (χ0n) is 12.9. The number of halogens is 3. The fourth-order valence-corrected chi connectivity index (χ4v) is 3.10. The molecule has 5 nitrogen and oxygen atoms in total. The Balaban J connectivity index is 2.04. The molecule has 2 aromatic rings. The van der Waals surface area contributed by atoms with Gasteiger partial charge in [0.15, 0.2) is 0 Å². The summed E-state index contributed by atoms with van der Waals surface area (Å²) in [6.45, 7) is 0. The Morgan fingerprint density at radius 3 is 2.72 bits per heavy atom. The number of carbonyl (C=O) groups is 1. The van der Waals surface area contributed by atoms with E-state index >= 15 is 0 Å². The molecule has 0 unspecified atom stereocenters. The Kier molecular flexibility index (Phi) is 4.29. The van der Waals surface area contributed by atoms with Crippen molar-refractivity contribution in [3.63, 3.8) is 0 Å². The lowest BCUT2D eigenvalue weighted by Crippen LogP contribution is -2.56. The minimum absolute atomic E-state index is 0.0522. The van der Waals surface area contributed by atoms with Gasteiger partial charge >= 0.3 is 6.18 Å². The highest BCUT2D eigenvalue weighted by atomic mass is 32.1. The molecule has 1 N–H and O–H groups in total. The van der Waals surface area contributed by atoms with Gasteiger partial charge in [0.25, 0.3) is 11.6 Å². The molecule has 0 bridgehead atoms. The first-order chi connectivity index (χ1) is 11.8. The maximum Gasteiger partial charge on any atom is 0.438 e. The fourth-order valence-electron chi connectivity index (χ4n) is 2.45. The number of carbonyl (C=O) groups excluding carboxylic acids is 1. The van der Waals surface area contributed by atoms with Crippen molar-refractivity contribution in [1.29, 1.82) is 0 Å². The fraction of sp³-hybridized carbons (Fsp3) is 0.250. The number of hydrazone groups is 1. The van der Waals surface area contributed by atoms with Crippen LogP contribution in [-0.4, -0.2) is 40.7 Å². The Hall–Kier alpha value is -2.39. The maximum atomic E-state index is 13.5. The van der Waals surface area contributed by atoms with Crippen LogP contribution in [0.5, 0.6) is 5.75 Å². The van der Waals surface area contributed by atoms with Crippen molar-refractivity contribution < 1.29 is 27.8 Å². The minimum atomic E-state index is -5.07. The molecule has 25 heavy (non-hydrogen) atoms. The molecule has 0 saturated carbocycles. The van der Waals surface area contributed by atoms with E-state index in [0.29, 0.717) is 11.3 Å². The summed E-state index contributed by atoms with van der Waals surface area (Å²) in [5.41, 5.74) is -3.11. The van der Waals surface area contributed by atoms with Crippen LogP contribution in [0, 0.1) is 0 Å². The van der Waals surface area contributed by atoms with E-state index in [1.165, 1.54) is 31.4 Å². The average Bonchev–Trinajstić information content (AvgIpc) is 3.22. The monoisotopic (exact) mass is 370 g/mol. The number of ether oxygens (including phenoxy) is 1. The topological polar surface area (TPSA) is 62.1 Å². The molecule has 1 aliphatic heterocycles. The van der Waals surface area contributed by atoms with Crippen LogP contribution in [0.2, 0.25) is 0 Å². The van der Waals surface area contributed by atoms with Crippen LogP contribution < -0.4 is 4.74 Å². The number of nitrogens with zero attached hydrogens (tertiary/aromatic N) is 2. The van der Waals surface area contributed by atoms with E-state index in [2.05, 4.69) is 5.10 Å². The van der Waals surface area contributed by atoms with Crippen LogP contribution in [-0.2, 0) is 0 Å². The molecular weight excluding hydrogens is 357 g/mol. The van der Waals surface area contributed by atoms with Crippen LogP contribution in [0.1, 0.15) is 21.7 Å². The van der Waals surface area contributed by atoms with Crippen LogP contribution in [0.3, 0.4) is 0 Å². The number of methoxy groups -OCH3 is 1. The van der Waals surface area contributed by atoms with Crippen molar-refractivity contribution in [2.24, 2.45) is 5.10 Å². The number of alkyl halides is 3. The van der Waals surface area contributed by atoms with E-state index in [-0.39, 0.29) is 15.6 Å². The number of benzene rings is 1. The van der Waals surface area contributed by atoms with Crippen LogP contribution >= 0.6 is 11.3 Å². The maximum absolute atomic E-state index is 13.5. The molecule has 0 aliphatic carbocycles. The first-order valence-electron chi connectivity index (χ1n) is 7.15.